The second-order valence-electron chi connectivity index (χ2n) is 8.17. The summed E-state index contributed by atoms with van der Waals surface area (Å²) in [4.78, 5) is 28.1. The lowest BCUT2D eigenvalue weighted by molar-refractivity contribution is -1.02. The van der Waals surface area contributed by atoms with Gasteiger partial charge in [-0.1, -0.05) is 12.1 Å². The van der Waals surface area contributed by atoms with Gasteiger partial charge in [0.1, 0.15) is 32.2 Å². The average Bonchev–Trinajstić information content (AvgIpc) is 2.75. The minimum Gasteiger partial charge on any atom is -0.378 e. The minimum absolute atomic E-state index is 0.0187. The van der Waals surface area contributed by atoms with Crippen molar-refractivity contribution in [3.05, 3.63) is 69.8 Å². The fourth-order valence-corrected chi connectivity index (χ4v) is 3.88. The molecular formula is C22H31N5O3+2. The Morgan fingerprint density at radius 2 is 1.67 bits per heavy atom. The highest BCUT2D eigenvalue weighted by Crippen LogP contribution is 2.17. The van der Waals surface area contributed by atoms with Gasteiger partial charge < -0.3 is 20.0 Å². The molecule has 0 bridgehead atoms. The summed E-state index contributed by atoms with van der Waals surface area (Å²) < 4.78 is 0. The highest BCUT2D eigenvalue weighted by Gasteiger charge is 2.29. The van der Waals surface area contributed by atoms with Gasteiger partial charge in [-0.15, -0.1) is 0 Å². The number of nitro groups is 1. The van der Waals surface area contributed by atoms with Crippen LogP contribution in [0.5, 0.6) is 0 Å². The maximum absolute atomic E-state index is 12.6. The van der Waals surface area contributed by atoms with Crippen molar-refractivity contribution in [1.29, 1.82) is 0 Å². The van der Waals surface area contributed by atoms with Crippen LogP contribution in [0, 0.1) is 10.1 Å². The van der Waals surface area contributed by atoms with Crippen molar-refractivity contribution in [2.24, 2.45) is 0 Å². The standard InChI is InChI=1S/C22H29N5O3/c1-24(2)19-8-4-17(5-9-19)21(26-14-12-25(3)13-15-26)16-23-22(28)18-6-10-20(11-7-18)27(29)30/h4-11,21H,12-16H2,1-3H3,(H,23,28)/p+2/t21-/m0/s1. The molecule has 3 rings (SSSR count). The number of hydrogen-bond donors (Lipinski definition) is 3. The van der Waals surface area contributed by atoms with Gasteiger partial charge >= 0.3 is 0 Å². The number of nitro benzene ring substituents is 1. The number of carbonyl (C=O) groups is 1. The zero-order valence-electron chi connectivity index (χ0n) is 17.9. The van der Waals surface area contributed by atoms with E-state index in [1.165, 1.54) is 39.6 Å². The molecule has 0 unspecified atom stereocenters. The van der Waals surface area contributed by atoms with E-state index < -0.39 is 4.92 Å². The van der Waals surface area contributed by atoms with E-state index in [4.69, 9.17) is 0 Å². The van der Waals surface area contributed by atoms with Gasteiger partial charge in [-0.3, -0.25) is 14.9 Å². The molecule has 2 aromatic rings. The molecule has 8 heteroatoms. The Kier molecular flexibility index (Phi) is 7.02. The van der Waals surface area contributed by atoms with Crippen molar-refractivity contribution in [1.82, 2.24) is 5.32 Å². The van der Waals surface area contributed by atoms with E-state index in [1.807, 2.05) is 14.1 Å². The number of likely N-dealkylation sites (N-methyl/N-ethyl adjacent to an activating group) is 1. The van der Waals surface area contributed by atoms with E-state index >= 15 is 0 Å². The first kappa shape index (κ1) is 21.7. The van der Waals surface area contributed by atoms with Crippen LogP contribution >= 0.6 is 0 Å². The van der Waals surface area contributed by atoms with E-state index in [1.54, 1.807) is 0 Å². The van der Waals surface area contributed by atoms with E-state index in [0.29, 0.717) is 12.1 Å². The van der Waals surface area contributed by atoms with Gasteiger partial charge in [0.25, 0.3) is 11.6 Å². The number of rotatable bonds is 7. The van der Waals surface area contributed by atoms with E-state index in [0.717, 1.165) is 31.9 Å². The third kappa shape index (κ3) is 5.34. The first-order chi connectivity index (χ1) is 14.3. The summed E-state index contributed by atoms with van der Waals surface area (Å²) in [6.07, 6.45) is 0. The van der Waals surface area contributed by atoms with E-state index in [-0.39, 0.29) is 17.6 Å². The summed E-state index contributed by atoms with van der Waals surface area (Å²) in [6.45, 7) is 4.85. The monoisotopic (exact) mass is 413 g/mol. The Balaban J connectivity index is 1.73. The van der Waals surface area contributed by atoms with Crippen LogP contribution < -0.4 is 20.0 Å². The van der Waals surface area contributed by atoms with Crippen LogP contribution in [0.4, 0.5) is 11.4 Å². The molecule has 1 aliphatic rings. The van der Waals surface area contributed by atoms with Crippen LogP contribution in [0.2, 0.25) is 0 Å². The maximum atomic E-state index is 12.6. The first-order valence-corrected chi connectivity index (χ1v) is 10.3. The van der Waals surface area contributed by atoms with Crippen LogP contribution in [-0.2, 0) is 0 Å². The molecule has 0 spiro atoms. The Hall–Kier alpha value is -2.97. The van der Waals surface area contributed by atoms with Gasteiger partial charge in [-0.2, -0.15) is 0 Å². The zero-order valence-corrected chi connectivity index (χ0v) is 17.9. The summed E-state index contributed by atoms with van der Waals surface area (Å²) in [7, 11) is 6.25. The van der Waals surface area contributed by atoms with Crippen molar-refractivity contribution in [2.45, 2.75) is 6.04 Å². The van der Waals surface area contributed by atoms with E-state index in [2.05, 4.69) is 41.5 Å². The number of anilines is 1. The van der Waals surface area contributed by atoms with E-state index in [9.17, 15) is 14.9 Å². The van der Waals surface area contributed by atoms with Crippen LogP contribution in [-0.4, -0.2) is 64.7 Å². The summed E-state index contributed by atoms with van der Waals surface area (Å²) in [6, 6.07) is 14.4. The lowest BCUT2D eigenvalue weighted by Gasteiger charge is -2.33. The number of piperazine rings is 1. The summed E-state index contributed by atoms with van der Waals surface area (Å²) in [5.74, 6) is -0.209. The molecule has 1 saturated heterocycles. The van der Waals surface area contributed by atoms with Gasteiger partial charge in [0, 0.05) is 43.0 Å². The Bertz CT molecular complexity index is 859. The topological polar surface area (TPSA) is 84.4 Å². The summed E-state index contributed by atoms with van der Waals surface area (Å²) in [5, 5.41) is 13.9. The molecule has 0 aliphatic carbocycles. The zero-order chi connectivity index (χ0) is 21.7. The van der Waals surface area contributed by atoms with Gasteiger partial charge in [0.15, 0.2) is 0 Å². The Morgan fingerprint density at radius 1 is 1.07 bits per heavy atom. The molecule has 1 fully saturated rings. The molecule has 1 amide bonds. The molecule has 8 nitrogen and oxygen atoms in total. The highest BCUT2D eigenvalue weighted by atomic mass is 16.6. The smallest absolute Gasteiger partial charge is 0.269 e. The molecular weight excluding hydrogens is 382 g/mol. The highest BCUT2D eigenvalue weighted by molar-refractivity contribution is 5.94. The van der Waals surface area contributed by atoms with Gasteiger partial charge in [-0.25, -0.2) is 0 Å². The molecule has 0 radical (unpaired) electrons. The van der Waals surface area contributed by atoms with Gasteiger partial charge in [0.05, 0.1) is 18.5 Å². The quantitative estimate of drug-likeness (QED) is 0.424. The summed E-state index contributed by atoms with van der Waals surface area (Å²) >= 11 is 0. The van der Waals surface area contributed by atoms with Crippen LogP contribution in [0.1, 0.15) is 22.0 Å². The number of nitrogens with one attached hydrogen (secondary N) is 3. The van der Waals surface area contributed by atoms with Crippen molar-refractivity contribution < 1.29 is 19.5 Å². The number of nitrogens with zero attached hydrogens (tertiary/aromatic N) is 2. The maximum Gasteiger partial charge on any atom is 0.269 e. The third-order valence-corrected chi connectivity index (χ3v) is 5.86. The molecule has 160 valence electrons. The fourth-order valence-electron chi connectivity index (χ4n) is 3.88. The largest absolute Gasteiger partial charge is 0.378 e. The first-order valence-electron chi connectivity index (χ1n) is 10.3. The predicted molar refractivity (Wildman–Crippen MR) is 116 cm³/mol. The number of amides is 1. The number of non-ortho nitro benzene ring substituents is 1. The number of quaternary nitrogens is 2. The molecule has 0 aromatic heterocycles. The lowest BCUT2D eigenvalue weighted by atomic mass is 10.0. The molecule has 1 atom stereocenters. The predicted octanol–water partition coefficient (Wildman–Crippen LogP) is -0.455. The second-order valence-corrected chi connectivity index (χ2v) is 8.17. The number of benzene rings is 2. The van der Waals surface area contributed by atoms with Crippen LogP contribution in [0.3, 0.4) is 0 Å². The second kappa shape index (κ2) is 9.69. The van der Waals surface area contributed by atoms with Gasteiger partial charge in [0.2, 0.25) is 0 Å². The molecule has 30 heavy (non-hydrogen) atoms. The van der Waals surface area contributed by atoms with Crippen molar-refractivity contribution in [3.8, 4) is 0 Å². The molecule has 1 heterocycles. The molecule has 1 aliphatic heterocycles. The number of hydrogen-bond acceptors (Lipinski definition) is 4. The average molecular weight is 414 g/mol. The number of carbonyl (C=O) groups excluding carboxylic acids is 1. The van der Waals surface area contributed by atoms with Crippen molar-refractivity contribution in [2.75, 3.05) is 58.8 Å². The minimum atomic E-state index is -0.464. The Morgan fingerprint density at radius 3 is 2.20 bits per heavy atom. The SMILES string of the molecule is CN(C)c1ccc([C@H](CNC(=O)c2ccc([N+](=O)[O-])cc2)[NH+]2CC[NH+](C)CC2)cc1. The molecule has 3 N–H and O–H groups in total. The Labute approximate surface area is 177 Å². The van der Waals surface area contributed by atoms with Gasteiger partial charge in [-0.05, 0) is 24.3 Å². The normalized spacial score (nSPS) is 19.7. The van der Waals surface area contributed by atoms with Crippen molar-refractivity contribution >= 4 is 17.3 Å². The molecule has 2 aromatic carbocycles. The molecule has 0 saturated carbocycles. The van der Waals surface area contributed by atoms with Crippen LogP contribution in [0.25, 0.3) is 0 Å². The fraction of sp³-hybridized carbons (Fsp3) is 0.409. The third-order valence-electron chi connectivity index (χ3n) is 5.86. The summed E-state index contributed by atoms with van der Waals surface area (Å²) in [5.41, 5.74) is 2.76. The lowest BCUT2D eigenvalue weighted by Crippen LogP contribution is -3.27. The van der Waals surface area contributed by atoms with Crippen LogP contribution in [0.15, 0.2) is 48.5 Å². The van der Waals surface area contributed by atoms with Crippen molar-refractivity contribution in [3.63, 3.8) is 0 Å².